The van der Waals surface area contributed by atoms with Crippen molar-refractivity contribution >= 4 is 22.4 Å². The zero-order chi connectivity index (χ0) is 15.4. The number of benzene rings is 1. The number of carbonyl (C=O) groups is 1. The number of aryl methyl sites for hydroxylation is 1. The number of hydrogen-bond donors (Lipinski definition) is 2. The molecular formula is C16H21N3OS. The number of hydrogen-bond acceptors (Lipinski definition) is 4. The first kappa shape index (κ1) is 15.7. The topological polar surface area (TPSA) is 68.0 Å². The SMILES string of the molecule is CCc1ccc(-c2csc(NC(=O)C(C)C(C)N)n2)cc1. The molecule has 1 amide bonds. The van der Waals surface area contributed by atoms with Crippen molar-refractivity contribution in [2.24, 2.45) is 11.7 Å². The van der Waals surface area contributed by atoms with Gasteiger partial charge in [0.2, 0.25) is 5.91 Å². The molecular weight excluding hydrogens is 282 g/mol. The minimum atomic E-state index is -0.235. The van der Waals surface area contributed by atoms with Gasteiger partial charge in [-0.15, -0.1) is 11.3 Å². The van der Waals surface area contributed by atoms with Crippen LogP contribution in [0.5, 0.6) is 0 Å². The van der Waals surface area contributed by atoms with E-state index in [1.165, 1.54) is 16.9 Å². The molecule has 3 N–H and O–H groups in total. The van der Waals surface area contributed by atoms with Crippen LogP contribution in [0, 0.1) is 5.92 Å². The van der Waals surface area contributed by atoms with Crippen LogP contribution >= 0.6 is 11.3 Å². The summed E-state index contributed by atoms with van der Waals surface area (Å²) in [5.74, 6) is -0.326. The van der Waals surface area contributed by atoms with E-state index in [2.05, 4.69) is 41.5 Å². The summed E-state index contributed by atoms with van der Waals surface area (Å²) in [6.07, 6.45) is 1.02. The predicted molar refractivity (Wildman–Crippen MR) is 88.4 cm³/mol. The van der Waals surface area contributed by atoms with Gasteiger partial charge in [0.05, 0.1) is 11.6 Å². The fraction of sp³-hybridized carbons (Fsp3) is 0.375. The zero-order valence-electron chi connectivity index (χ0n) is 12.6. The summed E-state index contributed by atoms with van der Waals surface area (Å²) in [6, 6.07) is 8.15. The van der Waals surface area contributed by atoms with Gasteiger partial charge in [-0.3, -0.25) is 4.79 Å². The van der Waals surface area contributed by atoms with Crippen molar-refractivity contribution < 1.29 is 4.79 Å². The van der Waals surface area contributed by atoms with E-state index >= 15 is 0 Å². The lowest BCUT2D eigenvalue weighted by Crippen LogP contribution is -2.34. The number of anilines is 1. The van der Waals surface area contributed by atoms with Gasteiger partial charge in [-0.25, -0.2) is 4.98 Å². The number of nitrogens with zero attached hydrogens (tertiary/aromatic N) is 1. The monoisotopic (exact) mass is 303 g/mol. The number of amides is 1. The van der Waals surface area contributed by atoms with E-state index in [0.29, 0.717) is 5.13 Å². The zero-order valence-corrected chi connectivity index (χ0v) is 13.4. The van der Waals surface area contributed by atoms with Crippen LogP contribution in [0.1, 0.15) is 26.3 Å². The van der Waals surface area contributed by atoms with Gasteiger partial charge in [0.15, 0.2) is 5.13 Å². The summed E-state index contributed by atoms with van der Waals surface area (Å²) in [7, 11) is 0. The molecule has 5 heteroatoms. The van der Waals surface area contributed by atoms with Crippen LogP contribution in [0.3, 0.4) is 0 Å². The third-order valence-corrected chi connectivity index (χ3v) is 4.35. The highest BCUT2D eigenvalue weighted by Crippen LogP contribution is 2.25. The van der Waals surface area contributed by atoms with E-state index < -0.39 is 0 Å². The minimum Gasteiger partial charge on any atom is -0.327 e. The summed E-state index contributed by atoms with van der Waals surface area (Å²) >= 11 is 1.43. The molecule has 0 aliphatic carbocycles. The molecule has 0 aliphatic rings. The second kappa shape index (κ2) is 6.83. The summed E-state index contributed by atoms with van der Waals surface area (Å²) in [4.78, 5) is 16.4. The van der Waals surface area contributed by atoms with Crippen LogP contribution < -0.4 is 11.1 Å². The van der Waals surface area contributed by atoms with Gasteiger partial charge < -0.3 is 11.1 Å². The van der Waals surface area contributed by atoms with Crippen molar-refractivity contribution in [1.29, 1.82) is 0 Å². The molecule has 2 unspecified atom stereocenters. The molecule has 4 nitrogen and oxygen atoms in total. The van der Waals surface area contributed by atoms with E-state index in [1.54, 1.807) is 0 Å². The van der Waals surface area contributed by atoms with E-state index in [9.17, 15) is 4.79 Å². The molecule has 1 aromatic heterocycles. The standard InChI is InChI=1S/C16H21N3OS/c1-4-12-5-7-13(8-6-12)14-9-21-16(18-14)19-15(20)10(2)11(3)17/h5-11H,4,17H2,1-3H3,(H,18,19,20). The maximum Gasteiger partial charge on any atom is 0.230 e. The van der Waals surface area contributed by atoms with Crippen molar-refractivity contribution in [2.45, 2.75) is 33.2 Å². The first-order chi connectivity index (χ1) is 10.0. The predicted octanol–water partition coefficient (Wildman–Crippen LogP) is 3.29. The largest absolute Gasteiger partial charge is 0.327 e. The molecule has 0 saturated heterocycles. The lowest BCUT2D eigenvalue weighted by Gasteiger charge is -2.13. The second-order valence-electron chi connectivity index (χ2n) is 5.23. The third-order valence-electron chi connectivity index (χ3n) is 3.59. The normalized spacial score (nSPS) is 13.7. The Morgan fingerprint density at radius 2 is 2.00 bits per heavy atom. The van der Waals surface area contributed by atoms with Gasteiger partial charge in [-0.05, 0) is 18.9 Å². The van der Waals surface area contributed by atoms with Gasteiger partial charge in [0.25, 0.3) is 0 Å². The number of aromatic nitrogens is 1. The second-order valence-corrected chi connectivity index (χ2v) is 6.08. The van der Waals surface area contributed by atoms with Crippen molar-refractivity contribution in [3.63, 3.8) is 0 Å². The molecule has 0 bridgehead atoms. The highest BCUT2D eigenvalue weighted by Gasteiger charge is 2.18. The smallest absolute Gasteiger partial charge is 0.230 e. The molecule has 21 heavy (non-hydrogen) atoms. The van der Waals surface area contributed by atoms with Gasteiger partial charge in [0, 0.05) is 17.0 Å². The summed E-state index contributed by atoms with van der Waals surface area (Å²) < 4.78 is 0. The van der Waals surface area contributed by atoms with E-state index in [1.807, 2.05) is 19.2 Å². The molecule has 112 valence electrons. The Hall–Kier alpha value is -1.72. The Morgan fingerprint density at radius 1 is 1.33 bits per heavy atom. The number of rotatable bonds is 5. The van der Waals surface area contributed by atoms with Crippen molar-refractivity contribution in [3.05, 3.63) is 35.2 Å². The molecule has 0 spiro atoms. The van der Waals surface area contributed by atoms with E-state index in [0.717, 1.165) is 17.7 Å². The Kier molecular flexibility index (Phi) is 5.09. The molecule has 1 heterocycles. The molecule has 2 rings (SSSR count). The average Bonchev–Trinajstić information content (AvgIpc) is 2.94. The van der Waals surface area contributed by atoms with Crippen molar-refractivity contribution in [2.75, 3.05) is 5.32 Å². The first-order valence-electron chi connectivity index (χ1n) is 7.12. The van der Waals surface area contributed by atoms with Crippen LogP contribution in [0.4, 0.5) is 5.13 Å². The van der Waals surface area contributed by atoms with Crippen LogP contribution in [0.25, 0.3) is 11.3 Å². The van der Waals surface area contributed by atoms with Crippen molar-refractivity contribution in [1.82, 2.24) is 4.98 Å². The number of thiazole rings is 1. The fourth-order valence-corrected chi connectivity index (χ4v) is 2.56. The molecule has 2 atom stereocenters. The number of nitrogens with one attached hydrogen (secondary N) is 1. The lowest BCUT2D eigenvalue weighted by atomic mass is 10.0. The fourth-order valence-electron chi connectivity index (χ4n) is 1.83. The maximum atomic E-state index is 12.0. The number of carbonyl (C=O) groups excluding carboxylic acids is 1. The lowest BCUT2D eigenvalue weighted by molar-refractivity contribution is -0.119. The molecule has 0 aliphatic heterocycles. The van der Waals surface area contributed by atoms with E-state index in [-0.39, 0.29) is 17.9 Å². The first-order valence-corrected chi connectivity index (χ1v) is 8.00. The highest BCUT2D eigenvalue weighted by molar-refractivity contribution is 7.14. The number of nitrogens with two attached hydrogens (primary N) is 1. The maximum absolute atomic E-state index is 12.0. The Morgan fingerprint density at radius 3 is 2.57 bits per heavy atom. The quantitative estimate of drug-likeness (QED) is 0.890. The molecule has 0 radical (unpaired) electrons. The molecule has 0 fully saturated rings. The van der Waals surface area contributed by atoms with Crippen LogP contribution in [0.15, 0.2) is 29.6 Å². The van der Waals surface area contributed by atoms with Crippen LogP contribution in [-0.4, -0.2) is 16.9 Å². The summed E-state index contributed by atoms with van der Waals surface area (Å²) in [6.45, 7) is 5.77. The van der Waals surface area contributed by atoms with E-state index in [4.69, 9.17) is 5.73 Å². The minimum absolute atomic E-state index is 0.0905. The third kappa shape index (κ3) is 3.89. The van der Waals surface area contributed by atoms with Crippen LogP contribution in [0.2, 0.25) is 0 Å². The summed E-state index contributed by atoms with van der Waals surface area (Å²) in [5.41, 5.74) is 8.98. The van der Waals surface area contributed by atoms with Gasteiger partial charge in [-0.2, -0.15) is 0 Å². The summed E-state index contributed by atoms with van der Waals surface area (Å²) in [5, 5.41) is 5.39. The molecule has 2 aromatic rings. The van der Waals surface area contributed by atoms with Crippen molar-refractivity contribution in [3.8, 4) is 11.3 Å². The highest BCUT2D eigenvalue weighted by atomic mass is 32.1. The molecule has 1 aromatic carbocycles. The molecule has 0 saturated carbocycles. The average molecular weight is 303 g/mol. The van der Waals surface area contributed by atoms with Gasteiger partial charge >= 0.3 is 0 Å². The Balaban J connectivity index is 2.08. The van der Waals surface area contributed by atoms with Crippen LogP contribution in [-0.2, 0) is 11.2 Å². The van der Waals surface area contributed by atoms with Gasteiger partial charge in [0.1, 0.15) is 0 Å². The Labute approximate surface area is 129 Å². The van der Waals surface area contributed by atoms with Gasteiger partial charge in [-0.1, -0.05) is 38.1 Å². The Bertz CT molecular complexity index is 604.